The summed E-state index contributed by atoms with van der Waals surface area (Å²) in [4.78, 5) is 0. The Morgan fingerprint density at radius 1 is 1.36 bits per heavy atom. The summed E-state index contributed by atoms with van der Waals surface area (Å²) in [6, 6.07) is 0. The third-order valence-electron chi connectivity index (χ3n) is 2.60. The third kappa shape index (κ3) is 2.33. The summed E-state index contributed by atoms with van der Waals surface area (Å²) in [6.45, 7) is 5.70. The summed E-state index contributed by atoms with van der Waals surface area (Å²) in [7, 11) is 0. The monoisotopic (exact) mass is 154 g/mol. The average molecular weight is 154 g/mol. The van der Waals surface area contributed by atoms with Crippen LogP contribution in [0.3, 0.4) is 0 Å². The standard InChI is InChI=1S/C10H18O/c1-8(2)10(11)9-6-4-3-5-7-9/h9-11H,1,3-7H2,2H3/t10-/m0/s1. The Morgan fingerprint density at radius 2 is 1.91 bits per heavy atom. The molecule has 1 aliphatic rings. The molecule has 1 aliphatic carbocycles. The number of aliphatic hydroxyl groups is 1. The molecule has 0 aromatic rings. The van der Waals surface area contributed by atoms with Crippen molar-refractivity contribution in [1.29, 1.82) is 0 Å². The number of hydrogen-bond acceptors (Lipinski definition) is 1. The zero-order valence-corrected chi connectivity index (χ0v) is 7.34. The number of rotatable bonds is 2. The Balaban J connectivity index is 2.38. The Bertz CT molecular complexity index is 134. The second-order valence-corrected chi connectivity index (χ2v) is 3.69. The molecule has 1 heteroatoms. The maximum absolute atomic E-state index is 9.65. The molecule has 1 fully saturated rings. The molecule has 0 aromatic carbocycles. The van der Waals surface area contributed by atoms with Crippen LogP contribution in [0.2, 0.25) is 0 Å². The molecular weight excluding hydrogens is 136 g/mol. The van der Waals surface area contributed by atoms with Crippen LogP contribution in [-0.2, 0) is 0 Å². The summed E-state index contributed by atoms with van der Waals surface area (Å²) in [5.74, 6) is 0.501. The van der Waals surface area contributed by atoms with Gasteiger partial charge in [-0.25, -0.2) is 0 Å². The lowest BCUT2D eigenvalue weighted by Crippen LogP contribution is -2.23. The van der Waals surface area contributed by atoms with Crippen molar-refractivity contribution in [1.82, 2.24) is 0 Å². The van der Waals surface area contributed by atoms with Crippen LogP contribution >= 0.6 is 0 Å². The number of aliphatic hydroxyl groups excluding tert-OH is 1. The van der Waals surface area contributed by atoms with Crippen LogP contribution in [0.15, 0.2) is 12.2 Å². The number of hydrogen-bond donors (Lipinski definition) is 1. The summed E-state index contributed by atoms with van der Waals surface area (Å²) in [5, 5.41) is 9.65. The molecule has 1 atom stereocenters. The molecule has 1 saturated carbocycles. The molecule has 0 spiro atoms. The van der Waals surface area contributed by atoms with Gasteiger partial charge >= 0.3 is 0 Å². The lowest BCUT2D eigenvalue weighted by Gasteiger charge is -2.26. The van der Waals surface area contributed by atoms with Gasteiger partial charge in [0.1, 0.15) is 0 Å². The van der Waals surface area contributed by atoms with E-state index in [4.69, 9.17) is 0 Å². The highest BCUT2D eigenvalue weighted by atomic mass is 16.3. The van der Waals surface area contributed by atoms with Crippen LogP contribution in [-0.4, -0.2) is 11.2 Å². The van der Waals surface area contributed by atoms with Crippen LogP contribution in [0.5, 0.6) is 0 Å². The fraction of sp³-hybridized carbons (Fsp3) is 0.800. The van der Waals surface area contributed by atoms with Crippen molar-refractivity contribution >= 4 is 0 Å². The molecule has 0 amide bonds. The van der Waals surface area contributed by atoms with Gasteiger partial charge in [-0.3, -0.25) is 0 Å². The van der Waals surface area contributed by atoms with Crippen molar-refractivity contribution in [3.8, 4) is 0 Å². The molecule has 0 radical (unpaired) electrons. The largest absolute Gasteiger partial charge is 0.388 e. The Labute approximate surface area is 69.1 Å². The Hall–Kier alpha value is -0.300. The van der Waals surface area contributed by atoms with Gasteiger partial charge in [0.05, 0.1) is 6.10 Å². The molecule has 64 valence electrons. The molecular formula is C10H18O. The predicted molar refractivity (Wildman–Crippen MR) is 47.4 cm³/mol. The highest BCUT2D eigenvalue weighted by Crippen LogP contribution is 2.28. The molecule has 0 aromatic heterocycles. The van der Waals surface area contributed by atoms with E-state index in [2.05, 4.69) is 6.58 Å². The van der Waals surface area contributed by atoms with E-state index in [1.54, 1.807) is 0 Å². The first-order valence-corrected chi connectivity index (χ1v) is 4.55. The zero-order valence-electron chi connectivity index (χ0n) is 7.34. The van der Waals surface area contributed by atoms with E-state index in [1.807, 2.05) is 6.92 Å². The highest BCUT2D eigenvalue weighted by Gasteiger charge is 2.21. The topological polar surface area (TPSA) is 20.2 Å². The van der Waals surface area contributed by atoms with Crippen LogP contribution in [0.1, 0.15) is 39.0 Å². The minimum absolute atomic E-state index is 0.240. The van der Waals surface area contributed by atoms with Gasteiger partial charge in [0, 0.05) is 0 Å². The van der Waals surface area contributed by atoms with Gasteiger partial charge in [-0.05, 0) is 25.7 Å². The van der Waals surface area contributed by atoms with Gasteiger partial charge in [0.2, 0.25) is 0 Å². The molecule has 0 bridgehead atoms. The lowest BCUT2D eigenvalue weighted by atomic mass is 9.83. The third-order valence-corrected chi connectivity index (χ3v) is 2.60. The SMILES string of the molecule is C=C(C)[C@H](O)C1CCCCC1. The van der Waals surface area contributed by atoms with Crippen molar-refractivity contribution in [2.75, 3.05) is 0 Å². The zero-order chi connectivity index (χ0) is 8.27. The average Bonchev–Trinajstić information content (AvgIpc) is 2.05. The fourth-order valence-electron chi connectivity index (χ4n) is 1.85. The van der Waals surface area contributed by atoms with E-state index in [9.17, 15) is 5.11 Å². The second kappa shape index (κ2) is 3.91. The van der Waals surface area contributed by atoms with E-state index >= 15 is 0 Å². The fourth-order valence-corrected chi connectivity index (χ4v) is 1.85. The molecule has 1 nitrogen and oxygen atoms in total. The summed E-state index contributed by atoms with van der Waals surface area (Å²) in [6.07, 6.45) is 6.06. The quantitative estimate of drug-likeness (QED) is 0.606. The van der Waals surface area contributed by atoms with Gasteiger partial charge in [-0.15, -0.1) is 0 Å². The van der Waals surface area contributed by atoms with Crippen molar-refractivity contribution in [3.05, 3.63) is 12.2 Å². The van der Waals surface area contributed by atoms with Crippen LogP contribution in [0, 0.1) is 5.92 Å². The first kappa shape index (κ1) is 8.79. The van der Waals surface area contributed by atoms with E-state index in [1.165, 1.54) is 32.1 Å². The first-order chi connectivity index (χ1) is 5.22. The summed E-state index contributed by atoms with van der Waals surface area (Å²) >= 11 is 0. The van der Waals surface area contributed by atoms with Crippen molar-refractivity contribution in [3.63, 3.8) is 0 Å². The maximum Gasteiger partial charge on any atom is 0.0772 e. The highest BCUT2D eigenvalue weighted by molar-refractivity contribution is 5.00. The molecule has 0 saturated heterocycles. The summed E-state index contributed by atoms with van der Waals surface area (Å²) in [5.41, 5.74) is 0.928. The van der Waals surface area contributed by atoms with Gasteiger partial charge in [-0.1, -0.05) is 31.4 Å². The molecule has 0 aliphatic heterocycles. The van der Waals surface area contributed by atoms with E-state index in [0.29, 0.717) is 5.92 Å². The van der Waals surface area contributed by atoms with Crippen molar-refractivity contribution in [2.45, 2.75) is 45.1 Å². The van der Waals surface area contributed by atoms with Crippen LogP contribution in [0.25, 0.3) is 0 Å². The molecule has 11 heavy (non-hydrogen) atoms. The minimum Gasteiger partial charge on any atom is -0.388 e. The normalized spacial score (nSPS) is 23.1. The first-order valence-electron chi connectivity index (χ1n) is 4.55. The molecule has 1 rings (SSSR count). The van der Waals surface area contributed by atoms with Gasteiger partial charge in [-0.2, -0.15) is 0 Å². The smallest absolute Gasteiger partial charge is 0.0772 e. The van der Waals surface area contributed by atoms with Crippen LogP contribution in [0.4, 0.5) is 0 Å². The van der Waals surface area contributed by atoms with Gasteiger partial charge < -0.3 is 5.11 Å². The van der Waals surface area contributed by atoms with Crippen molar-refractivity contribution < 1.29 is 5.11 Å². The van der Waals surface area contributed by atoms with Gasteiger partial charge in [0.15, 0.2) is 0 Å². The van der Waals surface area contributed by atoms with E-state index in [-0.39, 0.29) is 6.10 Å². The van der Waals surface area contributed by atoms with Gasteiger partial charge in [0.25, 0.3) is 0 Å². The lowest BCUT2D eigenvalue weighted by molar-refractivity contribution is 0.115. The minimum atomic E-state index is -0.240. The molecule has 0 unspecified atom stereocenters. The molecule has 1 N–H and O–H groups in total. The van der Waals surface area contributed by atoms with Crippen molar-refractivity contribution in [2.24, 2.45) is 5.92 Å². The summed E-state index contributed by atoms with van der Waals surface area (Å²) < 4.78 is 0. The van der Waals surface area contributed by atoms with Crippen LogP contribution < -0.4 is 0 Å². The molecule has 0 heterocycles. The van der Waals surface area contributed by atoms with E-state index in [0.717, 1.165) is 5.57 Å². The Kier molecular flexibility index (Phi) is 3.13. The second-order valence-electron chi connectivity index (χ2n) is 3.69. The maximum atomic E-state index is 9.65. The predicted octanol–water partition coefficient (Wildman–Crippen LogP) is 2.50. The Morgan fingerprint density at radius 3 is 2.36 bits per heavy atom. The van der Waals surface area contributed by atoms with E-state index < -0.39 is 0 Å².